The minimum atomic E-state index is -0.0233. The maximum Gasteiger partial charge on any atom is 0.218 e. The lowest BCUT2D eigenvalue weighted by atomic mass is 10.2. The van der Waals surface area contributed by atoms with E-state index < -0.39 is 0 Å². The van der Waals surface area contributed by atoms with Crippen LogP contribution in [0.1, 0.15) is 5.56 Å². The third-order valence-electron chi connectivity index (χ3n) is 3.12. The van der Waals surface area contributed by atoms with Gasteiger partial charge in [0.1, 0.15) is 0 Å². The molecule has 0 fully saturated rings. The molecule has 0 saturated carbocycles. The van der Waals surface area contributed by atoms with Crippen molar-refractivity contribution in [3.63, 3.8) is 0 Å². The third kappa shape index (κ3) is 2.80. The highest BCUT2D eigenvalue weighted by molar-refractivity contribution is 9.10. The van der Waals surface area contributed by atoms with Crippen LogP contribution in [-0.4, -0.2) is 10.1 Å². The number of rotatable bonds is 2. The fourth-order valence-electron chi connectivity index (χ4n) is 2.04. The molecule has 2 N–H and O–H groups in total. The molecule has 106 valence electrons. The average Bonchev–Trinajstić information content (AvgIpc) is 2.75. The minimum Gasteiger partial charge on any atom is -0.493 e. The standard InChI is InChI=1S/C15H11BrClN3O/c1-8-6-10(3-4-12(8)16)19-20-14-11-7-9(17)2-5-13(11)18-15(14)21/h2-7,18,21H,1H3. The molecule has 0 aliphatic heterocycles. The number of hydrogen-bond donors (Lipinski definition) is 2. The van der Waals surface area contributed by atoms with Crippen molar-refractivity contribution in [1.82, 2.24) is 4.98 Å². The van der Waals surface area contributed by atoms with Gasteiger partial charge in [0.15, 0.2) is 5.69 Å². The summed E-state index contributed by atoms with van der Waals surface area (Å²) in [5, 5.41) is 19.6. The molecule has 21 heavy (non-hydrogen) atoms. The Balaban J connectivity index is 2.04. The highest BCUT2D eigenvalue weighted by Gasteiger charge is 2.10. The van der Waals surface area contributed by atoms with Gasteiger partial charge in [-0.15, -0.1) is 5.11 Å². The van der Waals surface area contributed by atoms with Crippen LogP contribution in [0.15, 0.2) is 51.1 Å². The van der Waals surface area contributed by atoms with Crippen LogP contribution in [0.3, 0.4) is 0 Å². The number of halogens is 2. The van der Waals surface area contributed by atoms with Gasteiger partial charge in [-0.3, -0.25) is 0 Å². The van der Waals surface area contributed by atoms with Crippen LogP contribution in [0, 0.1) is 6.92 Å². The van der Waals surface area contributed by atoms with Gasteiger partial charge in [0.25, 0.3) is 0 Å². The fourth-order valence-corrected chi connectivity index (χ4v) is 2.45. The number of nitrogens with zero attached hydrogens (tertiary/aromatic N) is 2. The van der Waals surface area contributed by atoms with Crippen LogP contribution in [0.5, 0.6) is 5.88 Å². The summed E-state index contributed by atoms with van der Waals surface area (Å²) in [4.78, 5) is 2.85. The molecule has 0 bridgehead atoms. The zero-order valence-electron chi connectivity index (χ0n) is 11.1. The third-order valence-corrected chi connectivity index (χ3v) is 4.25. The van der Waals surface area contributed by atoms with Crippen molar-refractivity contribution in [3.05, 3.63) is 51.5 Å². The molecular weight excluding hydrogens is 354 g/mol. The maximum absolute atomic E-state index is 9.94. The fraction of sp³-hybridized carbons (Fsp3) is 0.0667. The van der Waals surface area contributed by atoms with Crippen molar-refractivity contribution in [1.29, 1.82) is 0 Å². The molecule has 6 heteroatoms. The molecule has 0 aliphatic carbocycles. The normalized spacial score (nSPS) is 11.6. The molecule has 0 spiro atoms. The number of aromatic amines is 1. The van der Waals surface area contributed by atoms with E-state index >= 15 is 0 Å². The molecule has 2 aromatic carbocycles. The van der Waals surface area contributed by atoms with Crippen molar-refractivity contribution in [2.24, 2.45) is 10.2 Å². The van der Waals surface area contributed by atoms with E-state index in [0.29, 0.717) is 16.4 Å². The van der Waals surface area contributed by atoms with E-state index in [4.69, 9.17) is 11.6 Å². The number of hydrogen-bond acceptors (Lipinski definition) is 3. The summed E-state index contributed by atoms with van der Waals surface area (Å²) in [6.45, 7) is 1.98. The molecule has 0 saturated heterocycles. The summed E-state index contributed by atoms with van der Waals surface area (Å²) in [7, 11) is 0. The number of azo groups is 1. The lowest BCUT2D eigenvalue weighted by Gasteiger charge is -1.98. The number of nitrogens with one attached hydrogen (secondary N) is 1. The van der Waals surface area contributed by atoms with E-state index in [1.54, 1.807) is 18.2 Å². The van der Waals surface area contributed by atoms with E-state index in [1.807, 2.05) is 25.1 Å². The first-order valence-corrected chi connectivity index (χ1v) is 7.40. The van der Waals surface area contributed by atoms with Crippen LogP contribution in [0.25, 0.3) is 10.9 Å². The summed E-state index contributed by atoms with van der Waals surface area (Å²) in [5.74, 6) is -0.0233. The zero-order valence-corrected chi connectivity index (χ0v) is 13.4. The van der Waals surface area contributed by atoms with Gasteiger partial charge in [-0.25, -0.2) is 0 Å². The lowest BCUT2D eigenvalue weighted by molar-refractivity contribution is 0.459. The second-order valence-electron chi connectivity index (χ2n) is 4.65. The lowest BCUT2D eigenvalue weighted by Crippen LogP contribution is -1.73. The Labute approximate surface area is 134 Å². The van der Waals surface area contributed by atoms with Crippen molar-refractivity contribution >= 4 is 49.8 Å². The number of fused-ring (bicyclic) bond motifs is 1. The molecule has 0 aliphatic rings. The quantitative estimate of drug-likeness (QED) is 0.537. The van der Waals surface area contributed by atoms with E-state index in [-0.39, 0.29) is 5.88 Å². The number of aryl methyl sites for hydroxylation is 1. The van der Waals surface area contributed by atoms with E-state index in [9.17, 15) is 5.11 Å². The number of benzene rings is 2. The molecule has 3 aromatic rings. The predicted octanol–water partition coefficient (Wildman–Crippen LogP) is 6.01. The van der Waals surface area contributed by atoms with Gasteiger partial charge in [-0.05, 0) is 48.9 Å². The van der Waals surface area contributed by atoms with Crippen LogP contribution >= 0.6 is 27.5 Å². The van der Waals surface area contributed by atoms with Crippen LogP contribution in [0.4, 0.5) is 11.4 Å². The molecule has 0 unspecified atom stereocenters. The molecule has 0 amide bonds. The van der Waals surface area contributed by atoms with Gasteiger partial charge in [0, 0.05) is 14.9 Å². The monoisotopic (exact) mass is 363 g/mol. The van der Waals surface area contributed by atoms with Gasteiger partial charge < -0.3 is 10.1 Å². The van der Waals surface area contributed by atoms with Crippen molar-refractivity contribution < 1.29 is 5.11 Å². The number of aromatic hydroxyl groups is 1. The van der Waals surface area contributed by atoms with Crippen LogP contribution < -0.4 is 0 Å². The summed E-state index contributed by atoms with van der Waals surface area (Å²) in [6, 6.07) is 11.0. The van der Waals surface area contributed by atoms with Crippen LogP contribution in [0.2, 0.25) is 5.02 Å². The molecule has 0 radical (unpaired) electrons. The van der Waals surface area contributed by atoms with E-state index in [0.717, 1.165) is 20.9 Å². The first-order valence-electron chi connectivity index (χ1n) is 6.22. The topological polar surface area (TPSA) is 60.7 Å². The highest BCUT2D eigenvalue weighted by atomic mass is 79.9. The Hall–Kier alpha value is -1.85. The molecule has 4 nitrogen and oxygen atoms in total. The minimum absolute atomic E-state index is 0.0233. The number of H-pyrrole nitrogens is 1. The van der Waals surface area contributed by atoms with Crippen molar-refractivity contribution in [2.45, 2.75) is 6.92 Å². The van der Waals surface area contributed by atoms with Gasteiger partial charge in [-0.1, -0.05) is 27.5 Å². The second kappa shape index (κ2) is 5.50. The second-order valence-corrected chi connectivity index (χ2v) is 5.94. The summed E-state index contributed by atoms with van der Waals surface area (Å²) in [5.41, 5.74) is 2.93. The largest absolute Gasteiger partial charge is 0.493 e. The average molecular weight is 365 g/mol. The van der Waals surface area contributed by atoms with Crippen LogP contribution in [-0.2, 0) is 0 Å². The Morgan fingerprint density at radius 2 is 1.95 bits per heavy atom. The number of aromatic nitrogens is 1. The van der Waals surface area contributed by atoms with Gasteiger partial charge >= 0.3 is 0 Å². The smallest absolute Gasteiger partial charge is 0.218 e. The predicted molar refractivity (Wildman–Crippen MR) is 88.0 cm³/mol. The molecule has 1 heterocycles. The van der Waals surface area contributed by atoms with Gasteiger partial charge in [0.2, 0.25) is 5.88 Å². The first kappa shape index (κ1) is 14.1. The molecule has 3 rings (SSSR count). The Kier molecular flexibility index (Phi) is 3.69. The molecule has 1 aromatic heterocycles. The summed E-state index contributed by atoms with van der Waals surface area (Å²) >= 11 is 9.42. The van der Waals surface area contributed by atoms with Gasteiger partial charge in [-0.2, -0.15) is 5.11 Å². The Bertz CT molecular complexity index is 857. The first-order chi connectivity index (χ1) is 10.0. The van der Waals surface area contributed by atoms with Crippen molar-refractivity contribution in [2.75, 3.05) is 0 Å². The highest BCUT2D eigenvalue weighted by Crippen LogP contribution is 2.37. The van der Waals surface area contributed by atoms with E-state index in [1.165, 1.54) is 0 Å². The molecular formula is C15H11BrClN3O. The Morgan fingerprint density at radius 1 is 1.14 bits per heavy atom. The van der Waals surface area contributed by atoms with Gasteiger partial charge in [0.05, 0.1) is 11.2 Å². The van der Waals surface area contributed by atoms with Crippen molar-refractivity contribution in [3.8, 4) is 5.88 Å². The molecule has 0 atom stereocenters. The SMILES string of the molecule is Cc1cc(N=Nc2c(O)[nH]c3ccc(Cl)cc23)ccc1Br. The zero-order chi connectivity index (χ0) is 15.0. The van der Waals surface area contributed by atoms with E-state index in [2.05, 4.69) is 31.1 Å². The summed E-state index contributed by atoms with van der Waals surface area (Å²) < 4.78 is 1.02. The maximum atomic E-state index is 9.94. The summed E-state index contributed by atoms with van der Waals surface area (Å²) in [6.07, 6.45) is 0. The Morgan fingerprint density at radius 3 is 2.71 bits per heavy atom.